The zero-order valence-electron chi connectivity index (χ0n) is 16.7. The molecule has 156 valence electrons. The summed E-state index contributed by atoms with van der Waals surface area (Å²) in [6.07, 6.45) is 1.74. The first-order valence-electron chi connectivity index (χ1n) is 9.58. The molecule has 7 heteroatoms. The Bertz CT molecular complexity index is 1220. The molecule has 1 saturated heterocycles. The molecule has 5 nitrogen and oxygen atoms in total. The second-order valence-electron chi connectivity index (χ2n) is 7.20. The number of hydrogen-bond acceptors (Lipinski definition) is 5. The molecular formula is C24H19NO4S2. The van der Waals surface area contributed by atoms with E-state index in [1.165, 1.54) is 5.56 Å². The van der Waals surface area contributed by atoms with Crippen molar-refractivity contribution in [2.24, 2.45) is 0 Å². The Morgan fingerprint density at radius 2 is 1.81 bits per heavy atom. The largest absolute Gasteiger partial charge is 0.489 e. The SMILES string of the molecule is Cc1ccc(COc2ccc3cc(/C=C4/SC(=S)N(CC(=O)O)C4=O)ccc3c2)cc1. The van der Waals surface area contributed by atoms with E-state index in [0.29, 0.717) is 11.5 Å². The molecule has 0 bridgehead atoms. The van der Waals surface area contributed by atoms with Gasteiger partial charge in [0.05, 0.1) is 4.91 Å². The van der Waals surface area contributed by atoms with Crippen LogP contribution >= 0.6 is 24.0 Å². The first-order chi connectivity index (χ1) is 14.9. The smallest absolute Gasteiger partial charge is 0.323 e. The number of rotatable bonds is 6. The van der Waals surface area contributed by atoms with Gasteiger partial charge in [-0.25, -0.2) is 0 Å². The van der Waals surface area contributed by atoms with Gasteiger partial charge in [-0.2, -0.15) is 0 Å². The Labute approximate surface area is 189 Å². The number of thioether (sulfide) groups is 1. The molecule has 1 N–H and O–H groups in total. The van der Waals surface area contributed by atoms with Crippen molar-refractivity contribution >= 4 is 57.0 Å². The van der Waals surface area contributed by atoms with Gasteiger partial charge in [-0.1, -0.05) is 72.0 Å². The van der Waals surface area contributed by atoms with E-state index < -0.39 is 12.5 Å². The van der Waals surface area contributed by atoms with Crippen molar-refractivity contribution < 1.29 is 19.4 Å². The van der Waals surface area contributed by atoms with Crippen LogP contribution in [0, 0.1) is 6.92 Å². The molecule has 0 spiro atoms. The monoisotopic (exact) mass is 449 g/mol. The van der Waals surface area contributed by atoms with Gasteiger partial charge >= 0.3 is 5.97 Å². The lowest BCUT2D eigenvalue weighted by Gasteiger charge is -2.10. The van der Waals surface area contributed by atoms with E-state index in [1.807, 2.05) is 36.4 Å². The number of carbonyl (C=O) groups is 2. The van der Waals surface area contributed by atoms with E-state index >= 15 is 0 Å². The van der Waals surface area contributed by atoms with Gasteiger partial charge in [-0.3, -0.25) is 14.5 Å². The van der Waals surface area contributed by atoms with E-state index in [0.717, 1.165) is 44.3 Å². The van der Waals surface area contributed by atoms with Crippen LogP contribution in [-0.4, -0.2) is 32.7 Å². The molecule has 0 atom stereocenters. The van der Waals surface area contributed by atoms with Gasteiger partial charge in [0.2, 0.25) is 0 Å². The highest BCUT2D eigenvalue weighted by Gasteiger charge is 2.33. The van der Waals surface area contributed by atoms with Gasteiger partial charge < -0.3 is 9.84 Å². The normalized spacial score (nSPS) is 15.1. The van der Waals surface area contributed by atoms with Crippen LogP contribution in [0.4, 0.5) is 0 Å². The zero-order chi connectivity index (χ0) is 22.0. The van der Waals surface area contributed by atoms with E-state index in [4.69, 9.17) is 22.1 Å². The van der Waals surface area contributed by atoms with Crippen LogP contribution in [0.1, 0.15) is 16.7 Å². The highest BCUT2D eigenvalue weighted by molar-refractivity contribution is 8.26. The van der Waals surface area contributed by atoms with Crippen LogP contribution in [0.2, 0.25) is 0 Å². The van der Waals surface area contributed by atoms with Crippen LogP contribution in [0.25, 0.3) is 16.8 Å². The molecular weight excluding hydrogens is 430 g/mol. The molecule has 1 aliphatic heterocycles. The summed E-state index contributed by atoms with van der Waals surface area (Å²) in [7, 11) is 0. The number of hydrogen-bond donors (Lipinski definition) is 1. The number of fused-ring (bicyclic) bond motifs is 1. The minimum Gasteiger partial charge on any atom is -0.489 e. The number of carboxylic acid groups (broad SMARTS) is 1. The molecule has 3 aromatic carbocycles. The van der Waals surface area contributed by atoms with Crippen LogP contribution in [-0.2, 0) is 16.2 Å². The average Bonchev–Trinajstić information content (AvgIpc) is 3.00. The first-order valence-corrected chi connectivity index (χ1v) is 10.8. The fourth-order valence-electron chi connectivity index (χ4n) is 3.20. The van der Waals surface area contributed by atoms with Gasteiger partial charge in [-0.15, -0.1) is 0 Å². The Balaban J connectivity index is 1.50. The lowest BCUT2D eigenvalue weighted by molar-refractivity contribution is -0.140. The number of nitrogens with zero attached hydrogens (tertiary/aromatic N) is 1. The molecule has 1 heterocycles. The van der Waals surface area contributed by atoms with Gasteiger partial charge in [0.1, 0.15) is 23.2 Å². The topological polar surface area (TPSA) is 66.8 Å². The number of thiocarbonyl (C=S) groups is 1. The molecule has 1 amide bonds. The maximum absolute atomic E-state index is 12.4. The summed E-state index contributed by atoms with van der Waals surface area (Å²) in [6.45, 7) is 2.13. The maximum atomic E-state index is 12.4. The summed E-state index contributed by atoms with van der Waals surface area (Å²) < 4.78 is 6.18. The number of benzene rings is 3. The minimum atomic E-state index is -1.09. The number of amides is 1. The highest BCUT2D eigenvalue weighted by Crippen LogP contribution is 2.33. The number of aliphatic carboxylic acids is 1. The van der Waals surface area contributed by atoms with Gasteiger partial charge in [0.15, 0.2) is 0 Å². The Morgan fingerprint density at radius 1 is 1.10 bits per heavy atom. The highest BCUT2D eigenvalue weighted by atomic mass is 32.2. The van der Waals surface area contributed by atoms with Gasteiger partial charge in [0, 0.05) is 0 Å². The van der Waals surface area contributed by atoms with E-state index in [-0.39, 0.29) is 10.2 Å². The molecule has 1 aliphatic rings. The van der Waals surface area contributed by atoms with Crippen molar-refractivity contribution in [3.05, 3.63) is 82.3 Å². The fraction of sp³-hybridized carbons (Fsp3) is 0.125. The third-order valence-electron chi connectivity index (χ3n) is 4.83. The number of aryl methyl sites for hydroxylation is 1. The van der Waals surface area contributed by atoms with E-state index in [2.05, 4.69) is 31.2 Å². The van der Waals surface area contributed by atoms with E-state index in [1.54, 1.807) is 6.08 Å². The second-order valence-corrected chi connectivity index (χ2v) is 8.88. The predicted molar refractivity (Wildman–Crippen MR) is 127 cm³/mol. The van der Waals surface area contributed by atoms with Crippen molar-refractivity contribution in [1.29, 1.82) is 0 Å². The Kier molecular flexibility index (Phi) is 6.06. The number of ether oxygens (including phenoxy) is 1. The van der Waals surface area contributed by atoms with Crippen LogP contribution in [0.15, 0.2) is 65.6 Å². The standard InChI is InChI=1S/C24H19NO4S2/c1-15-2-4-16(5-3-15)14-29-20-9-8-18-10-17(6-7-19(18)12-20)11-21-23(28)25(13-22(26)27)24(30)31-21/h2-12H,13-14H2,1H3,(H,26,27)/b21-11+. The van der Waals surface area contributed by atoms with Crippen LogP contribution in [0.3, 0.4) is 0 Å². The summed E-state index contributed by atoms with van der Waals surface area (Å²) in [4.78, 5) is 24.9. The van der Waals surface area contributed by atoms with Crippen molar-refractivity contribution in [1.82, 2.24) is 4.90 Å². The summed E-state index contributed by atoms with van der Waals surface area (Å²) in [6, 6.07) is 20.0. The average molecular weight is 450 g/mol. The summed E-state index contributed by atoms with van der Waals surface area (Å²) >= 11 is 6.25. The fourth-order valence-corrected chi connectivity index (χ4v) is 4.45. The van der Waals surface area contributed by atoms with Crippen LogP contribution in [0.5, 0.6) is 5.75 Å². The summed E-state index contributed by atoms with van der Waals surface area (Å²) in [5.41, 5.74) is 3.17. The first kappa shape index (κ1) is 21.1. The number of carboxylic acids is 1. The zero-order valence-corrected chi connectivity index (χ0v) is 18.3. The van der Waals surface area contributed by atoms with Crippen molar-refractivity contribution in [3.63, 3.8) is 0 Å². The molecule has 0 unspecified atom stereocenters. The Morgan fingerprint density at radius 3 is 2.55 bits per heavy atom. The molecule has 0 saturated carbocycles. The maximum Gasteiger partial charge on any atom is 0.323 e. The summed E-state index contributed by atoms with van der Waals surface area (Å²) in [5.74, 6) is -0.684. The predicted octanol–water partition coefficient (Wildman–Crippen LogP) is 5.01. The van der Waals surface area contributed by atoms with Crippen molar-refractivity contribution in [3.8, 4) is 5.75 Å². The van der Waals surface area contributed by atoms with Crippen molar-refractivity contribution in [2.75, 3.05) is 6.54 Å². The quantitative estimate of drug-likeness (QED) is 0.421. The lowest BCUT2D eigenvalue weighted by Crippen LogP contribution is -2.33. The molecule has 3 aromatic rings. The molecule has 31 heavy (non-hydrogen) atoms. The summed E-state index contributed by atoms with van der Waals surface area (Å²) in [5, 5.41) is 11.0. The third kappa shape index (κ3) is 4.95. The van der Waals surface area contributed by atoms with E-state index in [9.17, 15) is 9.59 Å². The number of carbonyl (C=O) groups excluding carboxylic acids is 1. The molecule has 0 aromatic heterocycles. The Hall–Kier alpha value is -3.16. The molecule has 0 aliphatic carbocycles. The minimum absolute atomic E-state index is 0.259. The van der Waals surface area contributed by atoms with Crippen LogP contribution < -0.4 is 4.74 Å². The molecule has 0 radical (unpaired) electrons. The third-order valence-corrected chi connectivity index (χ3v) is 6.20. The van der Waals surface area contributed by atoms with Gasteiger partial charge in [0.25, 0.3) is 5.91 Å². The second kappa shape index (κ2) is 8.91. The lowest BCUT2D eigenvalue weighted by atomic mass is 10.1. The van der Waals surface area contributed by atoms with Crippen molar-refractivity contribution in [2.45, 2.75) is 13.5 Å². The molecule has 1 fully saturated rings. The molecule has 4 rings (SSSR count). The van der Waals surface area contributed by atoms with Gasteiger partial charge in [-0.05, 0) is 53.1 Å².